The lowest BCUT2D eigenvalue weighted by molar-refractivity contribution is 0.0669. The molecule has 0 aliphatic carbocycles. The maximum atomic E-state index is 14.0. The molecule has 0 fully saturated rings. The van der Waals surface area contributed by atoms with Crippen molar-refractivity contribution in [1.29, 1.82) is 5.26 Å². The molecule has 0 N–H and O–H groups in total. The van der Waals surface area contributed by atoms with E-state index in [1.165, 1.54) is 6.20 Å². The molecule has 0 saturated carbocycles. The number of carbonyl (C=O) groups is 1. The average Bonchev–Trinajstić information content (AvgIpc) is 3.24. The van der Waals surface area contributed by atoms with Gasteiger partial charge in [-0.2, -0.15) is 10.4 Å². The molecular formula is C29H36N6O2. The minimum absolute atomic E-state index is 0.00589. The second-order valence-electron chi connectivity index (χ2n) is 9.69. The van der Waals surface area contributed by atoms with Crippen molar-refractivity contribution in [2.24, 2.45) is 7.05 Å². The van der Waals surface area contributed by atoms with E-state index in [9.17, 15) is 10.1 Å². The Morgan fingerprint density at radius 1 is 1.22 bits per heavy atom. The molecule has 0 bridgehead atoms. The highest BCUT2D eigenvalue weighted by atomic mass is 16.5. The van der Waals surface area contributed by atoms with E-state index in [1.807, 2.05) is 43.6 Å². The van der Waals surface area contributed by atoms with Crippen LogP contribution in [0.1, 0.15) is 65.2 Å². The second-order valence-corrected chi connectivity index (χ2v) is 9.69. The summed E-state index contributed by atoms with van der Waals surface area (Å²) in [7, 11) is 4.04. The fourth-order valence-electron chi connectivity index (χ4n) is 4.98. The fourth-order valence-corrected chi connectivity index (χ4v) is 4.98. The lowest BCUT2D eigenvalue weighted by atomic mass is 9.87. The number of aryl methyl sites for hydroxylation is 2. The van der Waals surface area contributed by atoms with Crippen LogP contribution in [0.25, 0.3) is 11.1 Å². The van der Waals surface area contributed by atoms with Crippen molar-refractivity contribution in [3.05, 3.63) is 64.2 Å². The summed E-state index contributed by atoms with van der Waals surface area (Å²) in [6, 6.07) is 7.98. The molecule has 1 aliphatic rings. The molecule has 0 spiro atoms. The number of likely N-dealkylation sites (N-methyl/N-ethyl adjacent to an activating group) is 1. The SMILES string of the molecule is CCOc1cc([C@H](C)N2CCc3c(cc(CCN(C)CC)cc3-c3cn(C)nc3C)C2=O)ncc1C#N. The molecule has 2 aromatic heterocycles. The smallest absolute Gasteiger partial charge is 0.254 e. The maximum Gasteiger partial charge on any atom is 0.254 e. The molecule has 1 aromatic carbocycles. The van der Waals surface area contributed by atoms with Gasteiger partial charge in [-0.25, -0.2) is 0 Å². The van der Waals surface area contributed by atoms with Crippen molar-refractivity contribution in [3.8, 4) is 22.9 Å². The topological polar surface area (TPSA) is 87.3 Å². The van der Waals surface area contributed by atoms with Gasteiger partial charge in [-0.1, -0.05) is 13.0 Å². The van der Waals surface area contributed by atoms with E-state index in [2.05, 4.69) is 47.2 Å². The number of nitriles is 1. The van der Waals surface area contributed by atoms with Crippen LogP contribution in [0.3, 0.4) is 0 Å². The lowest BCUT2D eigenvalue weighted by Crippen LogP contribution is -2.40. The standard InChI is InChI=1S/C29H36N6O2/c1-7-33(5)11-9-21-13-24(26-18-34(6)32-19(26)3)23-10-12-35(29(36)25(23)14-21)20(4)27-15-28(37-8-2)22(16-30)17-31-27/h13-15,17-18,20H,7-12H2,1-6H3/t20-/m0/s1. The number of amides is 1. The molecule has 1 atom stereocenters. The van der Waals surface area contributed by atoms with Gasteiger partial charge in [0.25, 0.3) is 5.91 Å². The fraction of sp³-hybridized carbons (Fsp3) is 0.448. The van der Waals surface area contributed by atoms with Gasteiger partial charge in [0.2, 0.25) is 0 Å². The summed E-state index contributed by atoms with van der Waals surface area (Å²) in [5.41, 5.74) is 7.24. The van der Waals surface area contributed by atoms with Crippen molar-refractivity contribution in [2.75, 3.05) is 33.3 Å². The van der Waals surface area contributed by atoms with Crippen molar-refractivity contribution >= 4 is 5.91 Å². The summed E-state index contributed by atoms with van der Waals surface area (Å²) < 4.78 is 7.49. The van der Waals surface area contributed by atoms with Gasteiger partial charge in [0.1, 0.15) is 17.4 Å². The van der Waals surface area contributed by atoms with E-state index in [0.717, 1.165) is 59.4 Å². The average molecular weight is 501 g/mol. The van der Waals surface area contributed by atoms with Gasteiger partial charge in [-0.3, -0.25) is 14.5 Å². The summed E-state index contributed by atoms with van der Waals surface area (Å²) in [4.78, 5) is 22.6. The van der Waals surface area contributed by atoms with Gasteiger partial charge in [-0.15, -0.1) is 0 Å². The first-order valence-corrected chi connectivity index (χ1v) is 13.0. The Hall–Kier alpha value is -3.70. The van der Waals surface area contributed by atoms with Crippen LogP contribution >= 0.6 is 0 Å². The first-order valence-electron chi connectivity index (χ1n) is 13.0. The van der Waals surface area contributed by atoms with Crippen LogP contribution in [-0.4, -0.2) is 63.8 Å². The van der Waals surface area contributed by atoms with Crippen molar-refractivity contribution < 1.29 is 9.53 Å². The quantitative estimate of drug-likeness (QED) is 0.435. The van der Waals surface area contributed by atoms with Gasteiger partial charge in [-0.05, 0) is 70.0 Å². The predicted octanol–water partition coefficient (Wildman–Crippen LogP) is 4.31. The van der Waals surface area contributed by atoms with Gasteiger partial charge < -0.3 is 14.5 Å². The van der Waals surface area contributed by atoms with Gasteiger partial charge in [0.05, 0.1) is 24.0 Å². The third-order valence-corrected chi connectivity index (χ3v) is 7.23. The third kappa shape index (κ3) is 5.37. The molecule has 8 heteroatoms. The molecule has 1 aliphatic heterocycles. The molecule has 194 valence electrons. The number of ether oxygens (including phenoxy) is 1. The van der Waals surface area contributed by atoms with Gasteiger partial charge >= 0.3 is 0 Å². The number of hydrogen-bond acceptors (Lipinski definition) is 6. The lowest BCUT2D eigenvalue weighted by Gasteiger charge is -2.34. The van der Waals surface area contributed by atoms with Crippen molar-refractivity contribution in [1.82, 2.24) is 24.6 Å². The Balaban J connectivity index is 1.73. The van der Waals surface area contributed by atoms with Crippen LogP contribution in [0.2, 0.25) is 0 Å². The number of rotatable bonds is 9. The zero-order chi connectivity index (χ0) is 26.7. The Labute approximate surface area is 219 Å². The molecule has 0 unspecified atom stereocenters. The molecule has 37 heavy (non-hydrogen) atoms. The Kier molecular flexibility index (Phi) is 7.94. The molecule has 1 amide bonds. The van der Waals surface area contributed by atoms with Crippen LogP contribution < -0.4 is 4.74 Å². The highest BCUT2D eigenvalue weighted by molar-refractivity contribution is 5.99. The van der Waals surface area contributed by atoms with Crippen LogP contribution in [0.5, 0.6) is 5.75 Å². The summed E-state index contributed by atoms with van der Waals surface area (Å²) in [5.74, 6) is 0.509. The molecule has 8 nitrogen and oxygen atoms in total. The highest BCUT2D eigenvalue weighted by Crippen LogP contribution is 2.36. The Morgan fingerprint density at radius 3 is 2.62 bits per heavy atom. The Morgan fingerprint density at radius 2 is 1.97 bits per heavy atom. The van der Waals surface area contributed by atoms with Gasteiger partial charge in [0.15, 0.2) is 0 Å². The molecule has 4 rings (SSSR count). The van der Waals surface area contributed by atoms with E-state index in [4.69, 9.17) is 4.74 Å². The normalized spacial score (nSPS) is 14.0. The summed E-state index contributed by atoms with van der Waals surface area (Å²) >= 11 is 0. The molecule has 0 saturated heterocycles. The molecular weight excluding hydrogens is 464 g/mol. The number of nitrogens with zero attached hydrogens (tertiary/aromatic N) is 6. The molecule has 3 aromatic rings. The van der Waals surface area contributed by atoms with Crippen LogP contribution in [0, 0.1) is 18.3 Å². The number of pyridine rings is 1. The first-order chi connectivity index (χ1) is 17.8. The van der Waals surface area contributed by atoms with E-state index in [1.54, 1.807) is 6.07 Å². The first kappa shape index (κ1) is 26.4. The maximum absolute atomic E-state index is 14.0. The number of benzene rings is 1. The Bertz CT molecular complexity index is 1340. The third-order valence-electron chi connectivity index (χ3n) is 7.23. The summed E-state index contributed by atoms with van der Waals surface area (Å²) in [6.45, 7) is 11.0. The van der Waals surface area contributed by atoms with Crippen LogP contribution in [0.15, 0.2) is 30.6 Å². The van der Waals surface area contributed by atoms with Gasteiger partial charge in [0, 0.05) is 49.7 Å². The summed E-state index contributed by atoms with van der Waals surface area (Å²) in [6.07, 6.45) is 5.19. The second kappa shape index (κ2) is 11.1. The number of aromatic nitrogens is 3. The van der Waals surface area contributed by atoms with E-state index < -0.39 is 0 Å². The highest BCUT2D eigenvalue weighted by Gasteiger charge is 2.32. The van der Waals surface area contributed by atoms with E-state index in [-0.39, 0.29) is 11.9 Å². The predicted molar refractivity (Wildman–Crippen MR) is 144 cm³/mol. The minimum Gasteiger partial charge on any atom is -0.492 e. The van der Waals surface area contributed by atoms with E-state index in [0.29, 0.717) is 30.2 Å². The van der Waals surface area contributed by atoms with Crippen molar-refractivity contribution in [2.45, 2.75) is 46.6 Å². The zero-order valence-corrected chi connectivity index (χ0v) is 22.7. The van der Waals surface area contributed by atoms with Crippen LogP contribution in [0.4, 0.5) is 0 Å². The number of carbonyl (C=O) groups excluding carboxylic acids is 1. The van der Waals surface area contributed by atoms with Crippen LogP contribution in [-0.2, 0) is 19.9 Å². The molecule has 0 radical (unpaired) electrons. The zero-order valence-electron chi connectivity index (χ0n) is 22.7. The van der Waals surface area contributed by atoms with E-state index >= 15 is 0 Å². The molecule has 3 heterocycles. The number of hydrogen-bond donors (Lipinski definition) is 0. The minimum atomic E-state index is -0.258. The van der Waals surface area contributed by atoms with Crippen molar-refractivity contribution in [3.63, 3.8) is 0 Å². The summed E-state index contributed by atoms with van der Waals surface area (Å²) in [5, 5.41) is 14.0. The number of fused-ring (bicyclic) bond motifs is 1. The monoisotopic (exact) mass is 500 g/mol. The largest absolute Gasteiger partial charge is 0.492 e.